The fourth-order valence-electron chi connectivity index (χ4n) is 1.81. The molecule has 0 atom stereocenters. The summed E-state index contributed by atoms with van der Waals surface area (Å²) in [6.45, 7) is 7.70. The van der Waals surface area contributed by atoms with Crippen molar-refractivity contribution < 1.29 is 4.74 Å². The van der Waals surface area contributed by atoms with E-state index in [0.717, 1.165) is 30.1 Å². The molecule has 4 nitrogen and oxygen atoms in total. The molecular weight excluding hydrogens is 270 g/mol. The maximum absolute atomic E-state index is 5.83. The van der Waals surface area contributed by atoms with Crippen LogP contribution in [0.3, 0.4) is 0 Å². The monoisotopic (exact) mass is 291 g/mol. The lowest BCUT2D eigenvalue weighted by molar-refractivity contribution is 0.305. The van der Waals surface area contributed by atoms with Crippen molar-refractivity contribution in [2.45, 2.75) is 39.8 Å². The van der Waals surface area contributed by atoms with Crippen molar-refractivity contribution in [1.82, 2.24) is 15.3 Å². The number of pyridine rings is 1. The summed E-state index contributed by atoms with van der Waals surface area (Å²) < 4.78 is 5.83. The van der Waals surface area contributed by atoms with E-state index in [0.29, 0.717) is 12.6 Å². The van der Waals surface area contributed by atoms with Crippen LogP contribution in [0, 0.1) is 6.92 Å². The van der Waals surface area contributed by atoms with E-state index in [4.69, 9.17) is 4.74 Å². The standard InChI is InChI=1S/C15H21N3OS/c1-11(2)17-9-13-5-4-7-16-15(13)19-8-6-14-12(3)18-10-20-14/h4-5,7,10-11,17H,6,8-9H2,1-3H3. The first-order valence-electron chi connectivity index (χ1n) is 6.86. The van der Waals surface area contributed by atoms with E-state index >= 15 is 0 Å². The second kappa shape index (κ2) is 7.36. The molecule has 0 aliphatic heterocycles. The third-order valence-corrected chi connectivity index (χ3v) is 3.96. The molecule has 2 rings (SSSR count). The molecule has 0 bridgehead atoms. The van der Waals surface area contributed by atoms with E-state index in [1.807, 2.05) is 18.5 Å². The zero-order chi connectivity index (χ0) is 14.4. The predicted molar refractivity (Wildman–Crippen MR) is 82.3 cm³/mol. The van der Waals surface area contributed by atoms with Gasteiger partial charge in [0, 0.05) is 35.6 Å². The summed E-state index contributed by atoms with van der Waals surface area (Å²) in [6, 6.07) is 4.44. The Balaban J connectivity index is 1.90. The zero-order valence-electron chi connectivity index (χ0n) is 12.2. The van der Waals surface area contributed by atoms with Crippen LogP contribution in [0.25, 0.3) is 0 Å². The molecule has 0 saturated heterocycles. The van der Waals surface area contributed by atoms with Crippen molar-refractivity contribution in [1.29, 1.82) is 0 Å². The second-order valence-electron chi connectivity index (χ2n) is 4.96. The van der Waals surface area contributed by atoms with E-state index in [1.165, 1.54) is 4.88 Å². The van der Waals surface area contributed by atoms with Crippen molar-refractivity contribution in [2.75, 3.05) is 6.61 Å². The Labute approximate surface area is 124 Å². The molecule has 0 aliphatic rings. The summed E-state index contributed by atoms with van der Waals surface area (Å²) in [4.78, 5) is 9.85. The Hall–Kier alpha value is -1.46. The highest BCUT2D eigenvalue weighted by atomic mass is 32.1. The second-order valence-corrected chi connectivity index (χ2v) is 5.90. The molecule has 0 aromatic carbocycles. The molecule has 0 amide bonds. The van der Waals surface area contributed by atoms with Gasteiger partial charge in [-0.2, -0.15) is 0 Å². The Morgan fingerprint density at radius 3 is 2.90 bits per heavy atom. The summed E-state index contributed by atoms with van der Waals surface area (Å²) in [5, 5.41) is 3.39. The van der Waals surface area contributed by atoms with Gasteiger partial charge in [0.2, 0.25) is 5.88 Å². The van der Waals surface area contributed by atoms with Crippen LogP contribution in [-0.4, -0.2) is 22.6 Å². The molecule has 0 aliphatic carbocycles. The number of aromatic nitrogens is 2. The molecule has 1 N–H and O–H groups in total. The van der Waals surface area contributed by atoms with Crippen molar-refractivity contribution in [3.8, 4) is 5.88 Å². The molecule has 0 radical (unpaired) electrons. The molecule has 20 heavy (non-hydrogen) atoms. The number of nitrogens with zero attached hydrogens (tertiary/aromatic N) is 2. The number of aryl methyl sites for hydroxylation is 1. The SMILES string of the molecule is Cc1ncsc1CCOc1ncccc1CNC(C)C. The van der Waals surface area contributed by atoms with Gasteiger partial charge in [0.1, 0.15) is 0 Å². The van der Waals surface area contributed by atoms with Crippen LogP contribution in [0.1, 0.15) is 30.0 Å². The lowest BCUT2D eigenvalue weighted by Crippen LogP contribution is -2.22. The van der Waals surface area contributed by atoms with Crippen LogP contribution in [0.5, 0.6) is 5.88 Å². The van der Waals surface area contributed by atoms with Gasteiger partial charge < -0.3 is 10.1 Å². The summed E-state index contributed by atoms with van der Waals surface area (Å²) in [6.07, 6.45) is 2.65. The Morgan fingerprint density at radius 2 is 2.20 bits per heavy atom. The molecule has 2 heterocycles. The van der Waals surface area contributed by atoms with Gasteiger partial charge in [-0.1, -0.05) is 19.9 Å². The quantitative estimate of drug-likeness (QED) is 0.852. The Kier molecular flexibility index (Phi) is 5.49. The van der Waals surface area contributed by atoms with Crippen molar-refractivity contribution in [3.63, 3.8) is 0 Å². The van der Waals surface area contributed by atoms with Gasteiger partial charge >= 0.3 is 0 Å². The van der Waals surface area contributed by atoms with Crippen molar-refractivity contribution >= 4 is 11.3 Å². The number of thiazole rings is 1. The first kappa shape index (κ1) is 14.9. The van der Waals surface area contributed by atoms with Gasteiger partial charge in [-0.15, -0.1) is 11.3 Å². The van der Waals surface area contributed by atoms with Gasteiger partial charge in [-0.25, -0.2) is 9.97 Å². The molecule has 0 fully saturated rings. The first-order chi connectivity index (χ1) is 9.66. The highest BCUT2D eigenvalue weighted by molar-refractivity contribution is 7.09. The largest absolute Gasteiger partial charge is 0.477 e. The topological polar surface area (TPSA) is 47.0 Å². The average Bonchev–Trinajstić information content (AvgIpc) is 2.83. The van der Waals surface area contributed by atoms with Crippen LogP contribution in [0.4, 0.5) is 0 Å². The van der Waals surface area contributed by atoms with Gasteiger partial charge in [0.05, 0.1) is 17.8 Å². The minimum Gasteiger partial charge on any atom is -0.477 e. The lowest BCUT2D eigenvalue weighted by atomic mass is 10.2. The smallest absolute Gasteiger partial charge is 0.217 e. The molecule has 0 spiro atoms. The minimum absolute atomic E-state index is 0.447. The first-order valence-corrected chi connectivity index (χ1v) is 7.74. The maximum atomic E-state index is 5.83. The minimum atomic E-state index is 0.447. The molecular formula is C15H21N3OS. The predicted octanol–water partition coefficient (Wildman–Crippen LogP) is 2.97. The molecule has 108 valence electrons. The van der Waals surface area contributed by atoms with Crippen LogP contribution in [-0.2, 0) is 13.0 Å². The molecule has 2 aromatic heterocycles. The van der Waals surface area contributed by atoms with E-state index in [9.17, 15) is 0 Å². The number of hydrogen-bond donors (Lipinski definition) is 1. The molecule has 0 saturated carbocycles. The van der Waals surface area contributed by atoms with E-state index in [2.05, 4.69) is 35.2 Å². The normalized spacial score (nSPS) is 11.0. The summed E-state index contributed by atoms with van der Waals surface area (Å²) >= 11 is 1.68. The highest BCUT2D eigenvalue weighted by Gasteiger charge is 2.07. The van der Waals surface area contributed by atoms with E-state index < -0.39 is 0 Å². The number of ether oxygens (including phenoxy) is 1. The van der Waals surface area contributed by atoms with Crippen LogP contribution in [0.2, 0.25) is 0 Å². The Morgan fingerprint density at radius 1 is 1.35 bits per heavy atom. The summed E-state index contributed by atoms with van der Waals surface area (Å²) in [5.74, 6) is 0.725. The van der Waals surface area contributed by atoms with Crippen molar-refractivity contribution in [3.05, 3.63) is 40.0 Å². The molecule has 0 unspecified atom stereocenters. The van der Waals surface area contributed by atoms with Crippen molar-refractivity contribution in [2.24, 2.45) is 0 Å². The van der Waals surface area contributed by atoms with Crippen LogP contribution < -0.4 is 10.1 Å². The fraction of sp³-hybridized carbons (Fsp3) is 0.467. The molecule has 5 heteroatoms. The maximum Gasteiger partial charge on any atom is 0.217 e. The third-order valence-electron chi connectivity index (χ3n) is 2.96. The number of rotatable bonds is 7. The van der Waals surface area contributed by atoms with Gasteiger partial charge in [0.15, 0.2) is 0 Å². The van der Waals surface area contributed by atoms with Gasteiger partial charge in [-0.3, -0.25) is 0 Å². The lowest BCUT2D eigenvalue weighted by Gasteiger charge is -2.12. The van der Waals surface area contributed by atoms with Gasteiger partial charge in [0.25, 0.3) is 0 Å². The fourth-order valence-corrected chi connectivity index (χ4v) is 2.57. The van der Waals surface area contributed by atoms with Crippen LogP contribution >= 0.6 is 11.3 Å². The average molecular weight is 291 g/mol. The van der Waals surface area contributed by atoms with E-state index in [-0.39, 0.29) is 0 Å². The summed E-state index contributed by atoms with van der Waals surface area (Å²) in [5.41, 5.74) is 4.08. The van der Waals surface area contributed by atoms with Gasteiger partial charge in [-0.05, 0) is 13.0 Å². The number of nitrogens with one attached hydrogen (secondary N) is 1. The zero-order valence-corrected chi connectivity index (χ0v) is 13.0. The number of hydrogen-bond acceptors (Lipinski definition) is 5. The Bertz CT molecular complexity index is 539. The molecule has 2 aromatic rings. The summed E-state index contributed by atoms with van der Waals surface area (Å²) in [7, 11) is 0. The highest BCUT2D eigenvalue weighted by Crippen LogP contribution is 2.16. The van der Waals surface area contributed by atoms with E-state index in [1.54, 1.807) is 17.5 Å². The third kappa shape index (κ3) is 4.28. The van der Waals surface area contributed by atoms with Crippen LogP contribution in [0.15, 0.2) is 23.8 Å².